The zero-order valence-electron chi connectivity index (χ0n) is 9.53. The summed E-state index contributed by atoms with van der Waals surface area (Å²) in [6.07, 6.45) is 0.733. The lowest BCUT2D eigenvalue weighted by atomic mass is 10.2. The number of hydrogen-bond donors (Lipinski definition) is 2. The maximum atomic E-state index is 9.81. The van der Waals surface area contributed by atoms with E-state index in [0.717, 1.165) is 12.2 Å². The highest BCUT2D eigenvalue weighted by Gasteiger charge is 2.15. The molecule has 0 aliphatic carbocycles. The van der Waals surface area contributed by atoms with Crippen LogP contribution in [0.25, 0.3) is 15.5 Å². The molecule has 0 amide bonds. The number of benzene rings is 1. The Hall–Kier alpha value is -2.15. The van der Waals surface area contributed by atoms with Gasteiger partial charge in [-0.05, 0) is 12.1 Å². The van der Waals surface area contributed by atoms with Gasteiger partial charge in [0.05, 0.1) is 5.56 Å². The van der Waals surface area contributed by atoms with Gasteiger partial charge >= 0.3 is 0 Å². The Morgan fingerprint density at radius 2 is 2.11 bits per heavy atom. The third-order valence-corrected chi connectivity index (χ3v) is 3.55. The van der Waals surface area contributed by atoms with Crippen molar-refractivity contribution < 1.29 is 10.2 Å². The Bertz CT molecular complexity index is 719. The fraction of sp³-hybridized carbons (Fsp3) is 0.182. The van der Waals surface area contributed by atoms with Crippen LogP contribution in [-0.2, 0) is 6.42 Å². The Morgan fingerprint density at radius 3 is 2.89 bits per heavy atom. The van der Waals surface area contributed by atoms with E-state index in [4.69, 9.17) is 0 Å². The van der Waals surface area contributed by atoms with Gasteiger partial charge in [0.15, 0.2) is 22.3 Å². The number of aromatic hydroxyl groups is 2. The Labute approximate surface area is 106 Å². The highest BCUT2D eigenvalue weighted by atomic mass is 32.1. The van der Waals surface area contributed by atoms with Crippen molar-refractivity contribution in [3.8, 4) is 22.1 Å². The van der Waals surface area contributed by atoms with Crippen LogP contribution in [0.1, 0.15) is 12.7 Å². The first kappa shape index (κ1) is 11.0. The molecule has 3 aromatic rings. The molecule has 0 aliphatic rings. The van der Waals surface area contributed by atoms with E-state index in [0.29, 0.717) is 15.5 Å². The molecule has 0 aliphatic heterocycles. The van der Waals surface area contributed by atoms with E-state index >= 15 is 0 Å². The average molecular weight is 262 g/mol. The summed E-state index contributed by atoms with van der Waals surface area (Å²) in [5, 5.41) is 32.3. The van der Waals surface area contributed by atoms with Crippen LogP contribution in [0.3, 0.4) is 0 Å². The highest BCUT2D eigenvalue weighted by Crippen LogP contribution is 2.37. The van der Waals surface area contributed by atoms with Gasteiger partial charge in [0.2, 0.25) is 4.96 Å². The van der Waals surface area contributed by atoms with Crippen molar-refractivity contribution in [3.63, 3.8) is 0 Å². The predicted molar refractivity (Wildman–Crippen MR) is 66.8 cm³/mol. The molecule has 0 radical (unpaired) electrons. The molecule has 0 spiro atoms. The molecule has 6 nitrogen and oxygen atoms in total. The minimum atomic E-state index is -0.166. The molecule has 3 rings (SSSR count). The lowest BCUT2D eigenvalue weighted by Crippen LogP contribution is -1.93. The number of hydrogen-bond acceptors (Lipinski definition) is 6. The maximum absolute atomic E-state index is 9.81. The Balaban J connectivity index is 2.19. The monoisotopic (exact) mass is 262 g/mol. The second kappa shape index (κ2) is 3.95. The van der Waals surface area contributed by atoms with Gasteiger partial charge in [0.25, 0.3) is 0 Å². The van der Waals surface area contributed by atoms with Crippen molar-refractivity contribution in [3.05, 3.63) is 24.0 Å². The van der Waals surface area contributed by atoms with Gasteiger partial charge in [-0.1, -0.05) is 24.3 Å². The van der Waals surface area contributed by atoms with Gasteiger partial charge in [-0.25, -0.2) is 0 Å². The van der Waals surface area contributed by atoms with E-state index in [1.165, 1.54) is 17.4 Å². The zero-order valence-corrected chi connectivity index (χ0v) is 10.3. The summed E-state index contributed by atoms with van der Waals surface area (Å²) in [4.78, 5) is 0.671. The second-order valence-corrected chi connectivity index (χ2v) is 4.70. The van der Waals surface area contributed by atoms with Crippen LogP contribution in [-0.4, -0.2) is 30.0 Å². The van der Waals surface area contributed by atoms with Crippen LogP contribution in [0.4, 0.5) is 0 Å². The topological polar surface area (TPSA) is 83.5 Å². The minimum absolute atomic E-state index is 0.158. The van der Waals surface area contributed by atoms with Crippen molar-refractivity contribution >= 4 is 16.3 Å². The van der Waals surface area contributed by atoms with Gasteiger partial charge in [-0.3, -0.25) is 0 Å². The molecule has 0 bridgehead atoms. The molecule has 18 heavy (non-hydrogen) atoms. The molecule has 0 saturated carbocycles. The number of aryl methyl sites for hydroxylation is 1. The number of para-hydroxylation sites is 1. The van der Waals surface area contributed by atoms with Crippen LogP contribution in [0.2, 0.25) is 0 Å². The molecule has 2 aromatic heterocycles. The standard InChI is InChI=1S/C11H10N4O2S/c1-2-8-12-13-11-15(8)14-10(18-11)6-4-3-5-7(16)9(6)17/h3-5,16-17H,2H2,1H3. The molecule has 0 unspecified atom stereocenters. The Morgan fingerprint density at radius 1 is 1.28 bits per heavy atom. The van der Waals surface area contributed by atoms with Crippen LogP contribution >= 0.6 is 11.3 Å². The quantitative estimate of drug-likeness (QED) is 0.688. The van der Waals surface area contributed by atoms with Crippen LogP contribution in [0.15, 0.2) is 18.2 Å². The van der Waals surface area contributed by atoms with Crippen LogP contribution < -0.4 is 0 Å². The molecule has 0 fully saturated rings. The van der Waals surface area contributed by atoms with Crippen LogP contribution in [0, 0.1) is 0 Å². The van der Waals surface area contributed by atoms with Crippen molar-refractivity contribution in [1.82, 2.24) is 19.8 Å². The van der Waals surface area contributed by atoms with E-state index < -0.39 is 0 Å². The SMILES string of the molecule is CCc1nnc2sc(-c3cccc(O)c3O)nn12. The number of nitrogens with zero attached hydrogens (tertiary/aromatic N) is 4. The van der Waals surface area contributed by atoms with Gasteiger partial charge in [0.1, 0.15) is 0 Å². The molecule has 0 saturated heterocycles. The van der Waals surface area contributed by atoms with Gasteiger partial charge in [0, 0.05) is 6.42 Å². The first-order valence-corrected chi connectivity index (χ1v) is 6.24. The van der Waals surface area contributed by atoms with Crippen molar-refractivity contribution in [2.45, 2.75) is 13.3 Å². The number of rotatable bonds is 2. The van der Waals surface area contributed by atoms with Crippen LogP contribution in [0.5, 0.6) is 11.5 Å². The number of phenols is 2. The van der Waals surface area contributed by atoms with Gasteiger partial charge in [-0.15, -0.1) is 10.2 Å². The molecule has 7 heteroatoms. The van der Waals surface area contributed by atoms with E-state index in [2.05, 4.69) is 15.3 Å². The van der Waals surface area contributed by atoms with Gasteiger partial charge in [-0.2, -0.15) is 9.61 Å². The van der Waals surface area contributed by atoms with Gasteiger partial charge < -0.3 is 10.2 Å². The molecule has 0 atom stereocenters. The lowest BCUT2D eigenvalue weighted by molar-refractivity contribution is 0.405. The summed E-state index contributed by atoms with van der Waals surface area (Å²) in [6, 6.07) is 4.79. The van der Waals surface area contributed by atoms with E-state index in [1.807, 2.05) is 6.92 Å². The van der Waals surface area contributed by atoms with Crippen molar-refractivity contribution in [2.24, 2.45) is 0 Å². The normalized spacial score (nSPS) is 11.2. The molecule has 92 valence electrons. The van der Waals surface area contributed by atoms with Crippen molar-refractivity contribution in [1.29, 1.82) is 0 Å². The number of fused-ring (bicyclic) bond motifs is 1. The third kappa shape index (κ3) is 1.52. The fourth-order valence-electron chi connectivity index (χ4n) is 1.69. The first-order chi connectivity index (χ1) is 8.70. The number of aromatic nitrogens is 4. The number of phenolic OH excluding ortho intramolecular Hbond substituents is 2. The summed E-state index contributed by atoms with van der Waals surface area (Å²) in [5.41, 5.74) is 0.493. The van der Waals surface area contributed by atoms with E-state index in [9.17, 15) is 10.2 Å². The molecule has 2 N–H and O–H groups in total. The average Bonchev–Trinajstić information content (AvgIpc) is 2.92. The smallest absolute Gasteiger partial charge is 0.234 e. The highest BCUT2D eigenvalue weighted by molar-refractivity contribution is 7.19. The Kier molecular flexibility index (Phi) is 2.41. The molecule has 2 heterocycles. The molecular weight excluding hydrogens is 252 g/mol. The summed E-state index contributed by atoms with van der Waals surface area (Å²) < 4.78 is 1.66. The molecular formula is C11H10N4O2S. The van der Waals surface area contributed by atoms with Crippen molar-refractivity contribution in [2.75, 3.05) is 0 Å². The maximum Gasteiger partial charge on any atom is 0.234 e. The summed E-state index contributed by atoms with van der Waals surface area (Å²) in [6.45, 7) is 1.97. The molecule has 1 aromatic carbocycles. The minimum Gasteiger partial charge on any atom is -0.504 e. The first-order valence-electron chi connectivity index (χ1n) is 5.43. The lowest BCUT2D eigenvalue weighted by Gasteiger charge is -2.01. The van der Waals surface area contributed by atoms with E-state index in [1.54, 1.807) is 16.6 Å². The summed E-state index contributed by atoms with van der Waals surface area (Å²) >= 11 is 1.32. The van der Waals surface area contributed by atoms with E-state index in [-0.39, 0.29) is 11.5 Å². The fourth-order valence-corrected chi connectivity index (χ4v) is 2.58. The summed E-state index contributed by atoms with van der Waals surface area (Å²) in [7, 11) is 0. The largest absolute Gasteiger partial charge is 0.504 e. The predicted octanol–water partition coefficient (Wildman–Crippen LogP) is 1.83. The second-order valence-electron chi connectivity index (χ2n) is 3.74. The summed E-state index contributed by atoms with van der Waals surface area (Å²) in [5.74, 6) is 0.446. The zero-order chi connectivity index (χ0) is 12.7. The third-order valence-electron chi connectivity index (χ3n) is 2.62.